The van der Waals surface area contributed by atoms with Crippen LogP contribution in [0.1, 0.15) is 73.3 Å². The fourth-order valence-corrected chi connectivity index (χ4v) is 4.39. The number of piperidine rings is 1. The number of anilines is 1. The van der Waals surface area contributed by atoms with Crippen LogP contribution < -0.4 is 16.0 Å². The van der Waals surface area contributed by atoms with Crippen molar-refractivity contribution in [3.63, 3.8) is 0 Å². The normalized spacial score (nSPS) is 16.1. The Morgan fingerprint density at radius 1 is 0.974 bits per heavy atom. The van der Waals surface area contributed by atoms with Gasteiger partial charge < -0.3 is 25.6 Å². The summed E-state index contributed by atoms with van der Waals surface area (Å²) >= 11 is 0. The van der Waals surface area contributed by atoms with E-state index in [2.05, 4.69) is 16.0 Å². The van der Waals surface area contributed by atoms with Crippen molar-refractivity contribution in [1.82, 2.24) is 15.5 Å². The maximum absolute atomic E-state index is 13.3. The Balaban J connectivity index is 1.95. The quantitative estimate of drug-likeness (QED) is 0.441. The number of rotatable bonds is 9. The molecule has 38 heavy (non-hydrogen) atoms. The van der Waals surface area contributed by atoms with Gasteiger partial charge in [0.2, 0.25) is 17.7 Å². The second-order valence-electron chi connectivity index (χ2n) is 12.0. The SMILES string of the molecule is Cc1ccc(NC(=O)C(NC(=O)C2CCN(C(=O)C(CC(C)C)NC(=O)OC(C)(C)C)CC2)C(C)C)cc1. The molecule has 1 aromatic carbocycles. The topological polar surface area (TPSA) is 117 Å². The predicted octanol–water partition coefficient (Wildman–Crippen LogP) is 4.25. The molecule has 212 valence electrons. The molecule has 1 aromatic rings. The van der Waals surface area contributed by atoms with Crippen molar-refractivity contribution >= 4 is 29.5 Å². The van der Waals surface area contributed by atoms with Crippen LogP contribution in [0.5, 0.6) is 0 Å². The maximum atomic E-state index is 13.3. The second kappa shape index (κ2) is 13.6. The van der Waals surface area contributed by atoms with Crippen LogP contribution in [0, 0.1) is 24.7 Å². The minimum absolute atomic E-state index is 0.0956. The van der Waals surface area contributed by atoms with E-state index in [4.69, 9.17) is 4.74 Å². The molecule has 4 amide bonds. The zero-order chi connectivity index (χ0) is 28.6. The van der Waals surface area contributed by atoms with E-state index in [9.17, 15) is 19.2 Å². The third-order valence-corrected chi connectivity index (χ3v) is 6.44. The van der Waals surface area contributed by atoms with Gasteiger partial charge in [-0.25, -0.2) is 4.79 Å². The van der Waals surface area contributed by atoms with Crippen molar-refractivity contribution < 1.29 is 23.9 Å². The Labute approximate surface area is 227 Å². The van der Waals surface area contributed by atoms with Crippen LogP contribution >= 0.6 is 0 Å². The summed E-state index contributed by atoms with van der Waals surface area (Å²) in [6, 6.07) is 6.15. The molecule has 0 spiro atoms. The van der Waals surface area contributed by atoms with Gasteiger partial charge in [-0.05, 0) is 70.9 Å². The number of carbonyl (C=O) groups excluding carboxylic acids is 4. The van der Waals surface area contributed by atoms with Crippen LogP contribution in [-0.2, 0) is 19.1 Å². The molecule has 2 rings (SSSR count). The molecule has 9 nitrogen and oxygen atoms in total. The summed E-state index contributed by atoms with van der Waals surface area (Å²) in [5.41, 5.74) is 1.12. The van der Waals surface area contributed by atoms with Crippen LogP contribution in [0.15, 0.2) is 24.3 Å². The summed E-state index contributed by atoms with van der Waals surface area (Å²) in [6.07, 6.45) is 0.852. The fraction of sp³-hybridized carbons (Fsp3) is 0.655. The lowest BCUT2D eigenvalue weighted by Crippen LogP contribution is -2.54. The number of carbonyl (C=O) groups is 4. The molecule has 2 unspecified atom stereocenters. The number of hydrogen-bond acceptors (Lipinski definition) is 5. The molecule has 0 bridgehead atoms. The van der Waals surface area contributed by atoms with Gasteiger partial charge in [0, 0.05) is 24.7 Å². The van der Waals surface area contributed by atoms with E-state index in [1.165, 1.54) is 0 Å². The molecule has 3 N–H and O–H groups in total. The summed E-state index contributed by atoms with van der Waals surface area (Å²) < 4.78 is 5.35. The number of ether oxygens (including phenoxy) is 1. The number of likely N-dealkylation sites (tertiary alicyclic amines) is 1. The van der Waals surface area contributed by atoms with Crippen LogP contribution in [0.4, 0.5) is 10.5 Å². The Morgan fingerprint density at radius 2 is 1.55 bits per heavy atom. The Bertz CT molecular complexity index is 960. The molecule has 1 aliphatic rings. The van der Waals surface area contributed by atoms with E-state index in [0.717, 1.165) is 5.56 Å². The number of benzene rings is 1. The van der Waals surface area contributed by atoms with Crippen LogP contribution in [0.2, 0.25) is 0 Å². The first-order valence-corrected chi connectivity index (χ1v) is 13.6. The number of aryl methyl sites for hydroxylation is 1. The second-order valence-corrected chi connectivity index (χ2v) is 12.0. The lowest BCUT2D eigenvalue weighted by atomic mass is 9.93. The minimum Gasteiger partial charge on any atom is -0.444 e. The number of alkyl carbamates (subject to hydrolysis) is 1. The summed E-state index contributed by atoms with van der Waals surface area (Å²) in [5, 5.41) is 8.55. The van der Waals surface area contributed by atoms with E-state index in [-0.39, 0.29) is 35.5 Å². The van der Waals surface area contributed by atoms with Crippen LogP contribution in [0.25, 0.3) is 0 Å². The first-order valence-electron chi connectivity index (χ1n) is 13.6. The molecule has 2 atom stereocenters. The van der Waals surface area contributed by atoms with E-state index < -0.39 is 23.8 Å². The Morgan fingerprint density at radius 3 is 2.05 bits per heavy atom. The molecular weight excluding hydrogens is 484 g/mol. The number of nitrogens with one attached hydrogen (secondary N) is 3. The monoisotopic (exact) mass is 530 g/mol. The van der Waals surface area contributed by atoms with Gasteiger partial charge in [0.15, 0.2) is 0 Å². The number of hydrogen-bond donors (Lipinski definition) is 3. The minimum atomic E-state index is -0.689. The Hall–Kier alpha value is -3.10. The van der Waals surface area contributed by atoms with Gasteiger partial charge in [-0.3, -0.25) is 14.4 Å². The molecule has 0 saturated carbocycles. The van der Waals surface area contributed by atoms with Crippen LogP contribution in [-0.4, -0.2) is 59.5 Å². The lowest BCUT2D eigenvalue weighted by Gasteiger charge is -2.35. The smallest absolute Gasteiger partial charge is 0.408 e. The zero-order valence-electron chi connectivity index (χ0n) is 24.2. The van der Waals surface area contributed by atoms with Gasteiger partial charge in [-0.1, -0.05) is 45.4 Å². The molecule has 0 aliphatic carbocycles. The van der Waals surface area contributed by atoms with E-state index in [1.807, 2.05) is 58.9 Å². The molecule has 9 heteroatoms. The fourth-order valence-electron chi connectivity index (χ4n) is 4.39. The molecule has 1 saturated heterocycles. The van der Waals surface area contributed by atoms with Crippen molar-refractivity contribution in [1.29, 1.82) is 0 Å². The van der Waals surface area contributed by atoms with Gasteiger partial charge in [0.1, 0.15) is 17.7 Å². The van der Waals surface area contributed by atoms with Gasteiger partial charge in [-0.15, -0.1) is 0 Å². The maximum Gasteiger partial charge on any atom is 0.408 e. The van der Waals surface area contributed by atoms with Gasteiger partial charge in [0.05, 0.1) is 0 Å². The highest BCUT2D eigenvalue weighted by atomic mass is 16.6. The van der Waals surface area contributed by atoms with Crippen molar-refractivity contribution in [3.05, 3.63) is 29.8 Å². The molecule has 1 aliphatic heterocycles. The highest BCUT2D eigenvalue weighted by Gasteiger charge is 2.34. The van der Waals surface area contributed by atoms with E-state index >= 15 is 0 Å². The number of nitrogens with zero attached hydrogens (tertiary/aromatic N) is 1. The summed E-state index contributed by atoms with van der Waals surface area (Å²) in [5.74, 6) is -0.797. The summed E-state index contributed by atoms with van der Waals surface area (Å²) in [7, 11) is 0. The third kappa shape index (κ3) is 9.99. The number of amides is 4. The van der Waals surface area contributed by atoms with Crippen molar-refractivity contribution in [3.8, 4) is 0 Å². The van der Waals surface area contributed by atoms with Gasteiger partial charge in [0.25, 0.3) is 0 Å². The van der Waals surface area contributed by atoms with Crippen molar-refractivity contribution in [2.24, 2.45) is 17.8 Å². The third-order valence-electron chi connectivity index (χ3n) is 6.44. The molecule has 0 radical (unpaired) electrons. The zero-order valence-corrected chi connectivity index (χ0v) is 24.2. The van der Waals surface area contributed by atoms with E-state index in [0.29, 0.717) is 38.0 Å². The van der Waals surface area contributed by atoms with Crippen molar-refractivity contribution in [2.75, 3.05) is 18.4 Å². The summed E-state index contributed by atoms with van der Waals surface area (Å²) in [6.45, 7) is 15.9. The van der Waals surface area contributed by atoms with Crippen LogP contribution in [0.3, 0.4) is 0 Å². The first-order chi connectivity index (χ1) is 17.7. The standard InChI is InChI=1S/C29H46N4O5/c1-18(2)17-23(31-28(37)38-29(6,7)8)27(36)33-15-13-21(14-16-33)25(34)32-24(19(3)4)26(35)30-22-11-9-20(5)10-12-22/h9-12,18-19,21,23-24H,13-17H2,1-8H3,(H,30,35)(H,31,37)(H,32,34). The average Bonchev–Trinajstić information content (AvgIpc) is 2.81. The molecule has 0 aromatic heterocycles. The predicted molar refractivity (Wildman–Crippen MR) is 148 cm³/mol. The summed E-state index contributed by atoms with van der Waals surface area (Å²) in [4.78, 5) is 53.3. The van der Waals surface area contributed by atoms with Gasteiger partial charge >= 0.3 is 6.09 Å². The van der Waals surface area contributed by atoms with Gasteiger partial charge in [-0.2, -0.15) is 0 Å². The molecular formula is C29H46N4O5. The van der Waals surface area contributed by atoms with E-state index in [1.54, 1.807) is 25.7 Å². The highest BCUT2D eigenvalue weighted by molar-refractivity contribution is 5.97. The Kier molecular flexibility index (Phi) is 11.2. The first kappa shape index (κ1) is 31.1. The molecule has 1 heterocycles. The average molecular weight is 531 g/mol. The largest absolute Gasteiger partial charge is 0.444 e. The highest BCUT2D eigenvalue weighted by Crippen LogP contribution is 2.21. The lowest BCUT2D eigenvalue weighted by molar-refractivity contribution is -0.138. The van der Waals surface area contributed by atoms with Crippen molar-refractivity contribution in [2.45, 2.75) is 92.3 Å². The molecule has 1 fully saturated rings.